The SMILES string of the molecule is CCc1ccc(COc2ccc(S(=O)(=O)C3(C(N)=O)CCOCC3)cc2)cn1. The summed E-state index contributed by atoms with van der Waals surface area (Å²) in [5, 5.41) is 0. The maximum atomic E-state index is 13.1. The van der Waals surface area contributed by atoms with Gasteiger partial charge in [0.05, 0.1) is 4.90 Å². The Hall–Kier alpha value is -2.45. The summed E-state index contributed by atoms with van der Waals surface area (Å²) in [6.07, 6.45) is 2.75. The van der Waals surface area contributed by atoms with Gasteiger partial charge in [-0.1, -0.05) is 13.0 Å². The Kier molecular flexibility index (Phi) is 6.00. The molecule has 1 aromatic heterocycles. The number of carbonyl (C=O) groups is 1. The minimum absolute atomic E-state index is 0.0505. The van der Waals surface area contributed by atoms with Crippen LogP contribution in [0.1, 0.15) is 31.0 Å². The van der Waals surface area contributed by atoms with Gasteiger partial charge in [-0.3, -0.25) is 9.78 Å². The number of carbonyl (C=O) groups excluding carboxylic acids is 1. The molecule has 2 aromatic rings. The molecule has 1 fully saturated rings. The number of nitrogens with two attached hydrogens (primary N) is 1. The highest BCUT2D eigenvalue weighted by atomic mass is 32.2. The predicted octanol–water partition coefficient (Wildman–Crippen LogP) is 2.03. The minimum atomic E-state index is -3.93. The first-order chi connectivity index (χ1) is 13.4. The number of ether oxygens (including phenoxy) is 2. The molecule has 1 amide bonds. The van der Waals surface area contributed by atoms with Crippen LogP contribution >= 0.6 is 0 Å². The normalized spacial score (nSPS) is 16.5. The van der Waals surface area contributed by atoms with E-state index in [0.717, 1.165) is 17.7 Å². The highest BCUT2D eigenvalue weighted by Crippen LogP contribution is 2.35. The molecule has 2 heterocycles. The van der Waals surface area contributed by atoms with Crippen LogP contribution in [0, 0.1) is 0 Å². The molecule has 0 radical (unpaired) electrons. The Labute approximate surface area is 164 Å². The number of benzene rings is 1. The highest BCUT2D eigenvalue weighted by molar-refractivity contribution is 7.93. The maximum absolute atomic E-state index is 13.1. The molecule has 1 aliphatic heterocycles. The first kappa shape index (κ1) is 20.3. The van der Waals surface area contributed by atoms with E-state index >= 15 is 0 Å². The van der Waals surface area contributed by atoms with Gasteiger partial charge in [0.1, 0.15) is 12.4 Å². The van der Waals surface area contributed by atoms with Gasteiger partial charge in [-0.2, -0.15) is 0 Å². The molecule has 0 unspecified atom stereocenters. The van der Waals surface area contributed by atoms with Crippen molar-refractivity contribution < 1.29 is 22.7 Å². The van der Waals surface area contributed by atoms with E-state index in [1.54, 1.807) is 18.3 Å². The molecule has 8 heteroatoms. The van der Waals surface area contributed by atoms with E-state index in [9.17, 15) is 13.2 Å². The number of aromatic nitrogens is 1. The second-order valence-electron chi connectivity index (χ2n) is 6.75. The van der Waals surface area contributed by atoms with Gasteiger partial charge in [-0.25, -0.2) is 8.42 Å². The molecule has 1 aromatic carbocycles. The zero-order valence-corrected chi connectivity index (χ0v) is 16.6. The van der Waals surface area contributed by atoms with Gasteiger partial charge in [0, 0.05) is 30.7 Å². The van der Waals surface area contributed by atoms with Crippen molar-refractivity contribution in [3.8, 4) is 5.75 Å². The van der Waals surface area contributed by atoms with E-state index in [4.69, 9.17) is 15.2 Å². The van der Waals surface area contributed by atoms with Crippen LogP contribution in [0.5, 0.6) is 5.75 Å². The summed E-state index contributed by atoms with van der Waals surface area (Å²) in [7, 11) is -3.93. The number of rotatable bonds is 7. The van der Waals surface area contributed by atoms with E-state index < -0.39 is 20.5 Å². The molecule has 0 spiro atoms. The number of primary amides is 1. The molecule has 0 saturated carbocycles. The molecule has 28 heavy (non-hydrogen) atoms. The zero-order chi connectivity index (χ0) is 20.2. The van der Waals surface area contributed by atoms with Crippen molar-refractivity contribution in [2.45, 2.75) is 42.4 Å². The largest absolute Gasteiger partial charge is 0.489 e. The van der Waals surface area contributed by atoms with Gasteiger partial charge >= 0.3 is 0 Å². The number of nitrogens with zero attached hydrogens (tertiary/aromatic N) is 1. The van der Waals surface area contributed by atoms with E-state index in [2.05, 4.69) is 4.98 Å². The number of hydrogen-bond acceptors (Lipinski definition) is 6. The molecular weight excluding hydrogens is 380 g/mol. The number of aryl methyl sites for hydroxylation is 1. The fraction of sp³-hybridized carbons (Fsp3) is 0.400. The highest BCUT2D eigenvalue weighted by Gasteiger charge is 2.51. The molecule has 2 N–H and O–H groups in total. The lowest BCUT2D eigenvalue weighted by Gasteiger charge is -2.33. The third-order valence-corrected chi connectivity index (χ3v) is 7.58. The summed E-state index contributed by atoms with van der Waals surface area (Å²) in [6.45, 7) is 2.74. The van der Waals surface area contributed by atoms with E-state index in [0.29, 0.717) is 12.4 Å². The summed E-state index contributed by atoms with van der Waals surface area (Å²) in [5.41, 5.74) is 7.41. The maximum Gasteiger partial charge on any atom is 0.239 e. The summed E-state index contributed by atoms with van der Waals surface area (Å²) >= 11 is 0. The van der Waals surface area contributed by atoms with Crippen LogP contribution in [0.2, 0.25) is 0 Å². The topological polar surface area (TPSA) is 109 Å². The second kappa shape index (κ2) is 8.28. The van der Waals surface area contributed by atoms with Crippen molar-refractivity contribution in [1.82, 2.24) is 4.98 Å². The summed E-state index contributed by atoms with van der Waals surface area (Å²) in [4.78, 5) is 16.4. The third kappa shape index (κ3) is 3.88. The zero-order valence-electron chi connectivity index (χ0n) is 15.8. The lowest BCUT2D eigenvalue weighted by atomic mass is 9.98. The standard InChI is InChI=1S/C20H24N2O5S/c1-2-16-4-3-15(13-22-16)14-27-17-5-7-18(8-6-17)28(24,25)20(19(21)23)9-11-26-12-10-20/h3-8,13H,2,9-12,14H2,1H3,(H2,21,23). The van der Waals surface area contributed by atoms with Gasteiger partial charge in [-0.05, 0) is 49.6 Å². The van der Waals surface area contributed by atoms with Crippen LogP contribution < -0.4 is 10.5 Å². The summed E-state index contributed by atoms with van der Waals surface area (Å²) in [5.74, 6) is -0.308. The summed E-state index contributed by atoms with van der Waals surface area (Å²) < 4.78 is 35.5. The summed E-state index contributed by atoms with van der Waals surface area (Å²) in [6, 6.07) is 9.95. The van der Waals surface area contributed by atoms with Gasteiger partial charge < -0.3 is 15.2 Å². The van der Waals surface area contributed by atoms with Crippen LogP contribution in [0.25, 0.3) is 0 Å². The Bertz CT molecular complexity index is 918. The van der Waals surface area contributed by atoms with Crippen LogP contribution in [0.4, 0.5) is 0 Å². The fourth-order valence-corrected chi connectivity index (χ4v) is 5.12. The minimum Gasteiger partial charge on any atom is -0.489 e. The molecule has 1 aliphatic rings. The van der Waals surface area contributed by atoms with Crippen LogP contribution in [-0.4, -0.2) is 37.3 Å². The van der Waals surface area contributed by atoms with Crippen LogP contribution in [0.3, 0.4) is 0 Å². The Morgan fingerprint density at radius 1 is 1.18 bits per heavy atom. The Balaban J connectivity index is 1.74. The average Bonchev–Trinajstić information content (AvgIpc) is 2.73. The third-order valence-electron chi connectivity index (χ3n) is 5.05. The van der Waals surface area contributed by atoms with Gasteiger partial charge in [0.2, 0.25) is 5.91 Å². The number of pyridine rings is 1. The number of hydrogen-bond donors (Lipinski definition) is 1. The van der Waals surface area contributed by atoms with Crippen molar-refractivity contribution in [1.29, 1.82) is 0 Å². The second-order valence-corrected chi connectivity index (χ2v) is 9.01. The van der Waals surface area contributed by atoms with Crippen molar-refractivity contribution in [3.05, 3.63) is 53.9 Å². The van der Waals surface area contributed by atoms with Gasteiger partial charge in [0.25, 0.3) is 0 Å². The fourth-order valence-electron chi connectivity index (χ4n) is 3.21. The molecule has 7 nitrogen and oxygen atoms in total. The average molecular weight is 404 g/mol. The lowest BCUT2D eigenvalue weighted by molar-refractivity contribution is -0.122. The van der Waals surface area contributed by atoms with Crippen LogP contribution in [-0.2, 0) is 32.4 Å². The monoisotopic (exact) mass is 404 g/mol. The Morgan fingerprint density at radius 2 is 1.86 bits per heavy atom. The number of amides is 1. The van der Waals surface area contributed by atoms with Crippen molar-refractivity contribution in [3.63, 3.8) is 0 Å². The molecule has 150 valence electrons. The first-order valence-corrected chi connectivity index (χ1v) is 10.7. The van der Waals surface area contributed by atoms with E-state index in [-0.39, 0.29) is 31.0 Å². The first-order valence-electron chi connectivity index (χ1n) is 9.18. The number of sulfone groups is 1. The molecule has 3 rings (SSSR count). The van der Waals surface area contributed by atoms with E-state index in [1.165, 1.54) is 12.1 Å². The van der Waals surface area contributed by atoms with Crippen molar-refractivity contribution in [2.24, 2.45) is 5.73 Å². The van der Waals surface area contributed by atoms with Crippen molar-refractivity contribution in [2.75, 3.05) is 13.2 Å². The van der Waals surface area contributed by atoms with Gasteiger partial charge in [0.15, 0.2) is 14.6 Å². The lowest BCUT2D eigenvalue weighted by Crippen LogP contribution is -2.53. The molecule has 0 bridgehead atoms. The Morgan fingerprint density at radius 3 is 2.39 bits per heavy atom. The van der Waals surface area contributed by atoms with Crippen molar-refractivity contribution >= 4 is 15.7 Å². The van der Waals surface area contributed by atoms with Crippen LogP contribution in [0.15, 0.2) is 47.5 Å². The van der Waals surface area contributed by atoms with E-state index in [1.807, 2.05) is 19.1 Å². The molecule has 0 aliphatic carbocycles. The predicted molar refractivity (Wildman–Crippen MR) is 104 cm³/mol. The molecule has 0 atom stereocenters. The smallest absolute Gasteiger partial charge is 0.239 e. The molecular formula is C20H24N2O5S. The molecule has 1 saturated heterocycles. The van der Waals surface area contributed by atoms with Gasteiger partial charge in [-0.15, -0.1) is 0 Å². The quantitative estimate of drug-likeness (QED) is 0.756.